The predicted molar refractivity (Wildman–Crippen MR) is 88.9 cm³/mol. The van der Waals surface area contributed by atoms with Gasteiger partial charge in [0.15, 0.2) is 0 Å². The molecule has 2 rings (SSSR count). The summed E-state index contributed by atoms with van der Waals surface area (Å²) in [6, 6.07) is 11.7. The van der Waals surface area contributed by atoms with Crippen LogP contribution < -0.4 is 0 Å². The van der Waals surface area contributed by atoms with E-state index in [4.69, 9.17) is 0 Å². The third kappa shape index (κ3) is 4.25. The molecule has 0 fully saturated rings. The quantitative estimate of drug-likeness (QED) is 0.624. The minimum absolute atomic E-state index is 0.219. The number of phenolic OH excluding ortho intramolecular Hbond substituents is 1. The number of terminal acetylenes is 1. The van der Waals surface area contributed by atoms with Crippen LogP contribution in [0.1, 0.15) is 16.7 Å². The van der Waals surface area contributed by atoms with Crippen LogP contribution in [0.4, 0.5) is 5.69 Å². The molecule has 3 heteroatoms. The molecule has 1 N–H and O–H groups in total. The zero-order chi connectivity index (χ0) is 15.1. The van der Waals surface area contributed by atoms with Crippen LogP contribution in [-0.2, 0) is 0 Å². The second kappa shape index (κ2) is 7.52. The third-order valence-electron chi connectivity index (χ3n) is 2.59. The summed E-state index contributed by atoms with van der Waals surface area (Å²) in [6.07, 6.45) is 9.68. The number of benzene rings is 2. The number of aryl methyl sites for hydroxylation is 2. The van der Waals surface area contributed by atoms with Gasteiger partial charge in [-0.05, 0) is 65.2 Å². The van der Waals surface area contributed by atoms with Crippen molar-refractivity contribution in [3.63, 3.8) is 0 Å². The van der Waals surface area contributed by atoms with Gasteiger partial charge in [0.2, 0.25) is 0 Å². The van der Waals surface area contributed by atoms with E-state index < -0.39 is 0 Å². The highest BCUT2D eigenvalue weighted by Crippen LogP contribution is 2.28. The van der Waals surface area contributed by atoms with E-state index in [-0.39, 0.29) is 5.75 Å². The Morgan fingerprint density at radius 1 is 1.10 bits per heavy atom. The highest BCUT2D eigenvalue weighted by atomic mass is 79.9. The Labute approximate surface area is 128 Å². The standard InChI is InChI=1S/C15H14BrNO.C2H2/c1-10-4-3-5-13(7-10)17-9-12-6-11(2)8-14(16)15(12)18;1-2/h3-9,18H,1-2H3;1-2H. The molecule has 2 aromatic carbocycles. The summed E-state index contributed by atoms with van der Waals surface area (Å²) in [6.45, 7) is 4.01. The average molecular weight is 330 g/mol. The van der Waals surface area contributed by atoms with E-state index in [9.17, 15) is 5.11 Å². The summed E-state index contributed by atoms with van der Waals surface area (Å²) < 4.78 is 0.688. The zero-order valence-corrected chi connectivity index (χ0v) is 13.1. The van der Waals surface area contributed by atoms with E-state index >= 15 is 0 Å². The van der Waals surface area contributed by atoms with E-state index in [0.717, 1.165) is 11.3 Å². The lowest BCUT2D eigenvalue weighted by Gasteiger charge is -2.03. The first-order valence-corrected chi connectivity index (χ1v) is 6.79. The lowest BCUT2D eigenvalue weighted by molar-refractivity contribution is 0.471. The summed E-state index contributed by atoms with van der Waals surface area (Å²) >= 11 is 3.32. The van der Waals surface area contributed by atoms with Gasteiger partial charge in [-0.2, -0.15) is 0 Å². The number of phenols is 1. The fourth-order valence-electron chi connectivity index (χ4n) is 1.71. The summed E-state index contributed by atoms with van der Waals surface area (Å²) in [4.78, 5) is 4.37. The zero-order valence-electron chi connectivity index (χ0n) is 11.5. The summed E-state index contributed by atoms with van der Waals surface area (Å²) in [5.74, 6) is 0.219. The molecule has 0 heterocycles. The molecule has 0 aliphatic rings. The van der Waals surface area contributed by atoms with Crippen molar-refractivity contribution in [1.29, 1.82) is 0 Å². The molecule has 0 unspecified atom stereocenters. The molecule has 2 aromatic rings. The first-order valence-electron chi connectivity index (χ1n) is 5.99. The number of hydrogen-bond acceptors (Lipinski definition) is 2. The van der Waals surface area contributed by atoms with Gasteiger partial charge in [-0.15, -0.1) is 12.8 Å². The summed E-state index contributed by atoms with van der Waals surface area (Å²) in [7, 11) is 0. The van der Waals surface area contributed by atoms with E-state index in [1.807, 2.05) is 50.2 Å². The van der Waals surface area contributed by atoms with Gasteiger partial charge in [-0.1, -0.05) is 12.1 Å². The Balaban J connectivity index is 0.000000956. The molecule has 0 saturated carbocycles. The average Bonchev–Trinajstić information content (AvgIpc) is 2.43. The fourth-order valence-corrected chi connectivity index (χ4v) is 2.30. The molecule has 0 spiro atoms. The molecule has 0 aliphatic carbocycles. The minimum atomic E-state index is 0.219. The molecular weight excluding hydrogens is 314 g/mol. The van der Waals surface area contributed by atoms with Gasteiger partial charge >= 0.3 is 0 Å². The van der Waals surface area contributed by atoms with Crippen LogP contribution in [0.2, 0.25) is 0 Å². The van der Waals surface area contributed by atoms with Crippen molar-refractivity contribution in [2.75, 3.05) is 0 Å². The van der Waals surface area contributed by atoms with Crippen LogP contribution in [0, 0.1) is 26.7 Å². The van der Waals surface area contributed by atoms with Gasteiger partial charge in [0.1, 0.15) is 5.75 Å². The van der Waals surface area contributed by atoms with Gasteiger partial charge in [0.25, 0.3) is 0 Å². The van der Waals surface area contributed by atoms with E-state index in [2.05, 4.69) is 33.8 Å². The van der Waals surface area contributed by atoms with Crippen LogP contribution in [0.25, 0.3) is 0 Å². The second-order valence-electron chi connectivity index (χ2n) is 4.28. The van der Waals surface area contributed by atoms with Crippen molar-refractivity contribution in [2.45, 2.75) is 13.8 Å². The number of nitrogens with zero attached hydrogens (tertiary/aromatic N) is 1. The SMILES string of the molecule is C#C.Cc1cccc(N=Cc2cc(C)cc(Br)c2O)c1. The fraction of sp³-hybridized carbons (Fsp3) is 0.118. The van der Waals surface area contributed by atoms with Crippen molar-refractivity contribution >= 4 is 27.8 Å². The molecule has 0 saturated heterocycles. The molecule has 0 bridgehead atoms. The number of rotatable bonds is 2. The summed E-state index contributed by atoms with van der Waals surface area (Å²) in [5, 5.41) is 9.92. The Morgan fingerprint density at radius 2 is 1.80 bits per heavy atom. The van der Waals surface area contributed by atoms with Crippen LogP contribution in [0.5, 0.6) is 5.75 Å². The smallest absolute Gasteiger partial charge is 0.138 e. The number of hydrogen-bond donors (Lipinski definition) is 1. The van der Waals surface area contributed by atoms with Crippen molar-refractivity contribution < 1.29 is 5.11 Å². The molecular formula is C17H16BrNO. The lowest BCUT2D eigenvalue weighted by Crippen LogP contribution is -1.86. The highest BCUT2D eigenvalue weighted by molar-refractivity contribution is 9.10. The van der Waals surface area contributed by atoms with Gasteiger partial charge in [-0.25, -0.2) is 0 Å². The maximum absolute atomic E-state index is 9.92. The largest absolute Gasteiger partial charge is 0.506 e. The Kier molecular flexibility index (Phi) is 6.02. The van der Waals surface area contributed by atoms with Crippen LogP contribution >= 0.6 is 15.9 Å². The molecule has 0 radical (unpaired) electrons. The molecule has 20 heavy (non-hydrogen) atoms. The number of aliphatic imine (C=N–C) groups is 1. The third-order valence-corrected chi connectivity index (χ3v) is 3.20. The molecule has 102 valence electrons. The maximum atomic E-state index is 9.92. The van der Waals surface area contributed by atoms with Crippen molar-refractivity contribution in [3.05, 3.63) is 57.6 Å². The van der Waals surface area contributed by atoms with Crippen molar-refractivity contribution in [1.82, 2.24) is 0 Å². The molecule has 2 nitrogen and oxygen atoms in total. The van der Waals surface area contributed by atoms with E-state index in [1.54, 1.807) is 6.21 Å². The number of halogens is 1. The number of aromatic hydroxyl groups is 1. The van der Waals surface area contributed by atoms with E-state index in [0.29, 0.717) is 10.0 Å². The minimum Gasteiger partial charge on any atom is -0.506 e. The normalized spacial score (nSPS) is 10.1. The van der Waals surface area contributed by atoms with Gasteiger partial charge in [0.05, 0.1) is 10.2 Å². The Hall–Kier alpha value is -2.05. The highest BCUT2D eigenvalue weighted by Gasteiger charge is 2.04. The van der Waals surface area contributed by atoms with Crippen LogP contribution in [0.15, 0.2) is 45.9 Å². The summed E-state index contributed by atoms with van der Waals surface area (Å²) in [5.41, 5.74) is 3.83. The lowest BCUT2D eigenvalue weighted by atomic mass is 10.1. The van der Waals surface area contributed by atoms with Crippen LogP contribution in [-0.4, -0.2) is 11.3 Å². The monoisotopic (exact) mass is 329 g/mol. The predicted octanol–water partition coefficient (Wildman–Crippen LogP) is 4.77. The van der Waals surface area contributed by atoms with Gasteiger partial charge in [0, 0.05) is 11.8 Å². The topological polar surface area (TPSA) is 32.6 Å². The van der Waals surface area contributed by atoms with E-state index in [1.165, 1.54) is 5.56 Å². The Morgan fingerprint density at radius 3 is 2.45 bits per heavy atom. The molecule has 0 atom stereocenters. The first kappa shape index (κ1) is 16.0. The molecule has 0 aromatic heterocycles. The molecule has 0 amide bonds. The molecule has 0 aliphatic heterocycles. The van der Waals surface area contributed by atoms with Crippen LogP contribution in [0.3, 0.4) is 0 Å². The van der Waals surface area contributed by atoms with Crippen molar-refractivity contribution in [2.24, 2.45) is 4.99 Å². The first-order chi connectivity index (χ1) is 9.56. The van der Waals surface area contributed by atoms with Gasteiger partial charge in [-0.3, -0.25) is 4.99 Å². The van der Waals surface area contributed by atoms with Crippen molar-refractivity contribution in [3.8, 4) is 18.6 Å². The second-order valence-corrected chi connectivity index (χ2v) is 5.14. The maximum Gasteiger partial charge on any atom is 0.138 e. The Bertz CT molecular complexity index is 645. The van der Waals surface area contributed by atoms with Gasteiger partial charge < -0.3 is 5.11 Å².